The third kappa shape index (κ3) is 5.43. The van der Waals surface area contributed by atoms with E-state index in [0.717, 1.165) is 11.3 Å². The van der Waals surface area contributed by atoms with Crippen LogP contribution in [0.15, 0.2) is 51.8 Å². The van der Waals surface area contributed by atoms with Crippen molar-refractivity contribution >= 4 is 38.9 Å². The Kier molecular flexibility index (Phi) is 6.87. The molecule has 0 saturated heterocycles. The Morgan fingerprint density at radius 1 is 1.19 bits per heavy atom. The molecular weight excluding hydrogens is 477 g/mol. The zero-order chi connectivity index (χ0) is 23.7. The van der Waals surface area contributed by atoms with Gasteiger partial charge < -0.3 is 10.0 Å². The first-order chi connectivity index (χ1) is 14.9. The van der Waals surface area contributed by atoms with E-state index in [0.29, 0.717) is 4.88 Å². The van der Waals surface area contributed by atoms with Crippen molar-refractivity contribution in [3.05, 3.63) is 58.7 Å². The number of carbonyl (C=O) groups is 1. The van der Waals surface area contributed by atoms with Gasteiger partial charge in [0.15, 0.2) is 0 Å². The van der Waals surface area contributed by atoms with E-state index in [4.69, 9.17) is 11.6 Å². The molecule has 0 radical (unpaired) electrons. The summed E-state index contributed by atoms with van der Waals surface area (Å²) in [6.07, 6.45) is 1.40. The molecule has 0 atom stereocenters. The zero-order valence-corrected chi connectivity index (χ0v) is 19.9. The number of sulfone groups is 1. The van der Waals surface area contributed by atoms with Crippen molar-refractivity contribution in [2.45, 2.75) is 36.4 Å². The van der Waals surface area contributed by atoms with E-state index in [2.05, 4.69) is 9.97 Å². The Bertz CT molecular complexity index is 1260. The van der Waals surface area contributed by atoms with Crippen LogP contribution in [0.5, 0.6) is 0 Å². The number of thiophene rings is 1. The van der Waals surface area contributed by atoms with Crippen molar-refractivity contribution < 1.29 is 22.7 Å². The third-order valence-corrected chi connectivity index (χ3v) is 7.95. The normalized spacial score (nSPS) is 12.0. The summed E-state index contributed by atoms with van der Waals surface area (Å²) in [4.78, 5) is 20.8. The molecular formula is C21H21ClFN3O4S2. The summed E-state index contributed by atoms with van der Waals surface area (Å²) in [6, 6.07) is 6.93. The summed E-state index contributed by atoms with van der Waals surface area (Å²) in [5.41, 5.74) is -0.188. The average Bonchev–Trinajstić information content (AvgIpc) is 3.11. The van der Waals surface area contributed by atoms with Crippen LogP contribution in [-0.4, -0.2) is 41.0 Å². The smallest absolute Gasteiger partial charge is 0.407 e. The van der Waals surface area contributed by atoms with Gasteiger partial charge >= 0.3 is 6.09 Å². The van der Waals surface area contributed by atoms with E-state index in [1.54, 1.807) is 0 Å². The van der Waals surface area contributed by atoms with Crippen molar-refractivity contribution in [2.24, 2.45) is 5.41 Å². The van der Waals surface area contributed by atoms with Crippen molar-refractivity contribution in [3.8, 4) is 11.1 Å². The molecule has 0 saturated carbocycles. The zero-order valence-electron chi connectivity index (χ0n) is 17.5. The highest BCUT2D eigenvalue weighted by Crippen LogP contribution is 2.40. The molecule has 0 aliphatic rings. The summed E-state index contributed by atoms with van der Waals surface area (Å²) in [5.74, 6) is -0.828. The van der Waals surface area contributed by atoms with Crippen LogP contribution in [-0.2, 0) is 16.4 Å². The summed E-state index contributed by atoms with van der Waals surface area (Å²) in [5, 5.41) is 9.62. The lowest BCUT2D eigenvalue weighted by molar-refractivity contribution is 0.123. The van der Waals surface area contributed by atoms with Gasteiger partial charge in [-0.25, -0.2) is 23.2 Å². The first-order valence-electron chi connectivity index (χ1n) is 9.46. The van der Waals surface area contributed by atoms with Gasteiger partial charge in [-0.3, -0.25) is 0 Å². The summed E-state index contributed by atoms with van der Waals surface area (Å²) in [7, 11) is -4.09. The number of hydrogen-bond donors (Lipinski definition) is 1. The topological polar surface area (TPSA) is 100 Å². The Morgan fingerprint density at radius 2 is 1.91 bits per heavy atom. The van der Waals surface area contributed by atoms with Gasteiger partial charge in [0.25, 0.3) is 0 Å². The second-order valence-corrected chi connectivity index (χ2v) is 11.9. The molecule has 0 fully saturated rings. The van der Waals surface area contributed by atoms with Crippen LogP contribution in [0, 0.1) is 11.4 Å². The number of carboxylic acid groups (broad SMARTS) is 1. The van der Waals surface area contributed by atoms with Gasteiger partial charge in [0.05, 0.1) is 11.4 Å². The van der Waals surface area contributed by atoms with Gasteiger partial charge in [-0.1, -0.05) is 32.4 Å². The number of amides is 1. The van der Waals surface area contributed by atoms with E-state index >= 15 is 0 Å². The molecule has 170 valence electrons. The van der Waals surface area contributed by atoms with E-state index in [9.17, 15) is 22.7 Å². The van der Waals surface area contributed by atoms with Gasteiger partial charge in [0, 0.05) is 34.9 Å². The fraction of sp³-hybridized carbons (Fsp3) is 0.286. The molecule has 3 rings (SSSR count). The monoisotopic (exact) mass is 497 g/mol. The molecule has 7 nitrogen and oxygen atoms in total. The van der Waals surface area contributed by atoms with Crippen LogP contribution in [0.4, 0.5) is 9.18 Å². The Morgan fingerprint density at radius 3 is 2.50 bits per heavy atom. The minimum absolute atomic E-state index is 0.000748. The fourth-order valence-electron chi connectivity index (χ4n) is 3.09. The summed E-state index contributed by atoms with van der Waals surface area (Å²) >= 11 is 6.77. The molecule has 32 heavy (non-hydrogen) atoms. The van der Waals surface area contributed by atoms with Gasteiger partial charge in [0.1, 0.15) is 9.36 Å². The molecule has 0 aromatic carbocycles. The highest BCUT2D eigenvalue weighted by molar-refractivity contribution is 7.93. The highest BCUT2D eigenvalue weighted by atomic mass is 35.5. The van der Waals surface area contributed by atoms with Crippen LogP contribution in [0.3, 0.4) is 0 Å². The molecule has 0 spiro atoms. The van der Waals surface area contributed by atoms with Crippen LogP contribution in [0.25, 0.3) is 11.1 Å². The lowest BCUT2D eigenvalue weighted by Crippen LogP contribution is -2.36. The second kappa shape index (κ2) is 9.13. The number of hydrogen-bond acceptors (Lipinski definition) is 6. The number of rotatable bonds is 6. The number of nitrogens with zero attached hydrogens (tertiary/aromatic N) is 3. The van der Waals surface area contributed by atoms with Crippen LogP contribution in [0.2, 0.25) is 5.15 Å². The van der Waals surface area contributed by atoms with Gasteiger partial charge in [-0.15, -0.1) is 11.3 Å². The fourth-order valence-corrected chi connectivity index (χ4v) is 6.47. The molecule has 3 heterocycles. The van der Waals surface area contributed by atoms with E-state index < -0.39 is 21.9 Å². The molecule has 0 unspecified atom stereocenters. The van der Waals surface area contributed by atoms with Crippen molar-refractivity contribution in [3.63, 3.8) is 0 Å². The average molecular weight is 498 g/mol. The molecule has 0 aliphatic heterocycles. The first-order valence-corrected chi connectivity index (χ1v) is 12.1. The lowest BCUT2D eigenvalue weighted by Gasteiger charge is -2.27. The summed E-state index contributed by atoms with van der Waals surface area (Å²) in [6.45, 7) is 5.89. The minimum Gasteiger partial charge on any atom is -0.465 e. The molecule has 0 bridgehead atoms. The number of pyridine rings is 2. The Balaban J connectivity index is 2.15. The van der Waals surface area contributed by atoms with E-state index in [-0.39, 0.29) is 43.9 Å². The van der Waals surface area contributed by atoms with Crippen LogP contribution >= 0.6 is 22.9 Å². The van der Waals surface area contributed by atoms with Crippen molar-refractivity contribution in [1.29, 1.82) is 0 Å². The number of aromatic nitrogens is 2. The van der Waals surface area contributed by atoms with E-state index in [1.165, 1.54) is 47.6 Å². The SMILES string of the molecule is CC(C)(C)CN(Cc1cc(-c2cccnc2F)c(S(=O)(=O)c2ccnc(Cl)c2)s1)C(=O)O. The second-order valence-electron chi connectivity index (χ2n) is 8.27. The largest absolute Gasteiger partial charge is 0.465 e. The van der Waals surface area contributed by atoms with Crippen molar-refractivity contribution in [1.82, 2.24) is 14.9 Å². The molecule has 0 aliphatic carbocycles. The maximum atomic E-state index is 14.5. The molecule has 3 aromatic heterocycles. The van der Waals surface area contributed by atoms with Gasteiger partial charge in [-0.05, 0) is 35.7 Å². The maximum Gasteiger partial charge on any atom is 0.407 e. The highest BCUT2D eigenvalue weighted by Gasteiger charge is 2.29. The van der Waals surface area contributed by atoms with Gasteiger partial charge in [0.2, 0.25) is 15.8 Å². The number of halogens is 2. The summed E-state index contributed by atoms with van der Waals surface area (Å²) < 4.78 is 41.2. The Hall–Kier alpha value is -2.56. The quantitative estimate of drug-likeness (QED) is 0.460. The maximum absolute atomic E-state index is 14.5. The Labute approximate surface area is 194 Å². The third-order valence-electron chi connectivity index (χ3n) is 4.33. The first kappa shape index (κ1) is 24.1. The molecule has 3 aromatic rings. The van der Waals surface area contributed by atoms with Crippen LogP contribution < -0.4 is 0 Å². The molecule has 1 amide bonds. The standard InChI is InChI=1S/C21H21ClFN3O4S2/c1-21(2,3)12-26(20(27)28)11-13-9-16(15-5-4-7-25-18(15)23)19(31-13)32(29,30)14-6-8-24-17(22)10-14/h4-10H,11-12H2,1-3H3,(H,27,28). The predicted molar refractivity (Wildman–Crippen MR) is 120 cm³/mol. The minimum atomic E-state index is -4.09. The molecule has 11 heteroatoms. The van der Waals surface area contributed by atoms with Crippen molar-refractivity contribution in [2.75, 3.05) is 6.54 Å². The van der Waals surface area contributed by atoms with Gasteiger partial charge in [-0.2, -0.15) is 4.39 Å². The van der Waals surface area contributed by atoms with Crippen LogP contribution in [0.1, 0.15) is 25.6 Å². The van der Waals surface area contributed by atoms with E-state index in [1.807, 2.05) is 20.8 Å². The lowest BCUT2D eigenvalue weighted by atomic mass is 9.96. The predicted octanol–water partition coefficient (Wildman–Crippen LogP) is 5.36. The molecule has 1 N–H and O–H groups in total.